The molecule has 1 aromatic heterocycles. The first-order valence-corrected chi connectivity index (χ1v) is 11.6. The van der Waals surface area contributed by atoms with E-state index in [0.29, 0.717) is 23.2 Å². The maximum Gasteiger partial charge on any atom is 0.243 e. The van der Waals surface area contributed by atoms with Crippen molar-refractivity contribution in [1.82, 2.24) is 20.4 Å². The SMILES string of the molecule is COc1cccc(NC(=O)CN(C)C(=O)CCc2nc(C3(NC(C)=O)CCCCCC3)no2)c1. The van der Waals surface area contributed by atoms with Crippen LogP contribution in [-0.2, 0) is 26.3 Å². The number of likely N-dealkylation sites (N-methyl/N-ethyl adjacent to an activating group) is 1. The Bertz CT molecular complexity index is 997. The third-order valence-electron chi connectivity index (χ3n) is 5.98. The molecule has 1 saturated carbocycles. The molecule has 0 saturated heterocycles. The molecule has 0 radical (unpaired) electrons. The molecule has 0 aliphatic heterocycles. The number of carbonyl (C=O) groups is 3. The minimum atomic E-state index is -0.622. The highest BCUT2D eigenvalue weighted by Crippen LogP contribution is 2.34. The fourth-order valence-electron chi connectivity index (χ4n) is 4.23. The number of amides is 3. The molecule has 3 amide bonds. The summed E-state index contributed by atoms with van der Waals surface area (Å²) in [4.78, 5) is 42.6. The van der Waals surface area contributed by atoms with Gasteiger partial charge in [-0.3, -0.25) is 14.4 Å². The maximum absolute atomic E-state index is 12.5. The van der Waals surface area contributed by atoms with Crippen LogP contribution < -0.4 is 15.4 Å². The number of aromatic nitrogens is 2. The van der Waals surface area contributed by atoms with Crippen LogP contribution in [0.25, 0.3) is 0 Å². The summed E-state index contributed by atoms with van der Waals surface area (Å²) in [5.74, 6) is 0.786. The summed E-state index contributed by atoms with van der Waals surface area (Å²) >= 11 is 0. The van der Waals surface area contributed by atoms with E-state index in [9.17, 15) is 14.4 Å². The van der Waals surface area contributed by atoms with Crippen molar-refractivity contribution in [1.29, 1.82) is 0 Å². The van der Waals surface area contributed by atoms with Gasteiger partial charge in [0.25, 0.3) is 0 Å². The normalized spacial score (nSPS) is 15.1. The standard InChI is InChI=1S/C24H33N5O5/c1-17(30)27-24(13-6-4-5-7-14-24)23-26-21(34-28-23)11-12-22(32)29(2)16-20(31)25-18-9-8-10-19(15-18)33-3/h8-10,15H,4-7,11-14,16H2,1-3H3,(H,25,31)(H,27,30). The number of rotatable bonds is 9. The summed E-state index contributed by atoms with van der Waals surface area (Å²) in [6.07, 6.45) is 6.07. The van der Waals surface area contributed by atoms with Crippen molar-refractivity contribution in [3.05, 3.63) is 36.0 Å². The van der Waals surface area contributed by atoms with Gasteiger partial charge in [0.2, 0.25) is 23.6 Å². The molecule has 10 heteroatoms. The lowest BCUT2D eigenvalue weighted by Crippen LogP contribution is -2.45. The first kappa shape index (κ1) is 25.2. The van der Waals surface area contributed by atoms with Crippen LogP contribution in [-0.4, -0.2) is 53.5 Å². The molecule has 0 unspecified atom stereocenters. The molecule has 10 nitrogen and oxygen atoms in total. The van der Waals surface area contributed by atoms with E-state index in [1.54, 1.807) is 38.4 Å². The third kappa shape index (κ3) is 6.79. The predicted octanol–water partition coefficient (Wildman–Crippen LogP) is 2.79. The zero-order valence-corrected chi connectivity index (χ0v) is 20.1. The van der Waals surface area contributed by atoms with Gasteiger partial charge in [0.1, 0.15) is 11.3 Å². The molecule has 1 aromatic carbocycles. The van der Waals surface area contributed by atoms with Crippen molar-refractivity contribution in [3.8, 4) is 5.75 Å². The summed E-state index contributed by atoms with van der Waals surface area (Å²) in [7, 11) is 3.12. The number of carbonyl (C=O) groups excluding carboxylic acids is 3. The van der Waals surface area contributed by atoms with E-state index >= 15 is 0 Å². The zero-order chi connectivity index (χ0) is 24.6. The van der Waals surface area contributed by atoms with Crippen LogP contribution in [0.3, 0.4) is 0 Å². The van der Waals surface area contributed by atoms with Gasteiger partial charge in [-0.15, -0.1) is 0 Å². The van der Waals surface area contributed by atoms with E-state index in [-0.39, 0.29) is 37.1 Å². The van der Waals surface area contributed by atoms with E-state index in [4.69, 9.17) is 9.26 Å². The number of nitrogens with zero attached hydrogens (tertiary/aromatic N) is 3. The fourth-order valence-corrected chi connectivity index (χ4v) is 4.23. The van der Waals surface area contributed by atoms with E-state index in [0.717, 1.165) is 38.5 Å². The quantitative estimate of drug-likeness (QED) is 0.539. The summed E-state index contributed by atoms with van der Waals surface area (Å²) in [6, 6.07) is 7.00. The number of hydrogen-bond acceptors (Lipinski definition) is 7. The molecular formula is C24H33N5O5. The second kappa shape index (κ2) is 11.6. The molecule has 1 fully saturated rings. The van der Waals surface area contributed by atoms with Crippen molar-refractivity contribution in [2.45, 2.75) is 63.8 Å². The first-order chi connectivity index (χ1) is 16.3. The van der Waals surface area contributed by atoms with Crippen LogP contribution in [0, 0.1) is 0 Å². The van der Waals surface area contributed by atoms with E-state index in [2.05, 4.69) is 20.8 Å². The molecule has 1 aliphatic rings. The lowest BCUT2D eigenvalue weighted by molar-refractivity contribution is -0.133. The van der Waals surface area contributed by atoms with Gasteiger partial charge in [0.05, 0.1) is 13.7 Å². The highest BCUT2D eigenvalue weighted by molar-refractivity contribution is 5.94. The van der Waals surface area contributed by atoms with Crippen molar-refractivity contribution < 1.29 is 23.6 Å². The summed E-state index contributed by atoms with van der Waals surface area (Å²) in [5, 5.41) is 9.94. The first-order valence-electron chi connectivity index (χ1n) is 11.6. The predicted molar refractivity (Wildman–Crippen MR) is 125 cm³/mol. The third-order valence-corrected chi connectivity index (χ3v) is 5.98. The topological polar surface area (TPSA) is 127 Å². The van der Waals surface area contributed by atoms with Crippen molar-refractivity contribution in [3.63, 3.8) is 0 Å². The molecule has 0 bridgehead atoms. The Morgan fingerprint density at radius 3 is 2.59 bits per heavy atom. The Kier molecular flexibility index (Phi) is 8.61. The van der Waals surface area contributed by atoms with Crippen LogP contribution in [0.1, 0.15) is 63.6 Å². The zero-order valence-electron chi connectivity index (χ0n) is 20.1. The number of methoxy groups -OCH3 is 1. The molecule has 184 valence electrons. The summed E-state index contributed by atoms with van der Waals surface area (Å²) < 4.78 is 10.5. The van der Waals surface area contributed by atoms with Crippen LogP contribution in [0.4, 0.5) is 5.69 Å². The number of ether oxygens (including phenoxy) is 1. The lowest BCUT2D eigenvalue weighted by Gasteiger charge is -2.30. The number of anilines is 1. The van der Waals surface area contributed by atoms with Gasteiger partial charge in [-0.05, 0) is 25.0 Å². The van der Waals surface area contributed by atoms with Crippen LogP contribution in [0.15, 0.2) is 28.8 Å². The average Bonchev–Trinajstić information content (AvgIpc) is 3.17. The molecule has 1 heterocycles. The Hall–Kier alpha value is -3.43. The monoisotopic (exact) mass is 471 g/mol. The minimum absolute atomic E-state index is 0.0865. The highest BCUT2D eigenvalue weighted by Gasteiger charge is 2.38. The largest absolute Gasteiger partial charge is 0.497 e. The molecule has 2 aromatic rings. The Morgan fingerprint density at radius 2 is 1.91 bits per heavy atom. The number of hydrogen-bond donors (Lipinski definition) is 2. The van der Waals surface area contributed by atoms with E-state index < -0.39 is 5.54 Å². The van der Waals surface area contributed by atoms with Crippen molar-refractivity contribution in [2.75, 3.05) is 26.0 Å². The highest BCUT2D eigenvalue weighted by atomic mass is 16.5. The number of nitrogens with one attached hydrogen (secondary N) is 2. The van der Waals surface area contributed by atoms with E-state index in [1.807, 2.05) is 0 Å². The Balaban J connectivity index is 1.54. The van der Waals surface area contributed by atoms with Gasteiger partial charge in [0.15, 0.2) is 5.82 Å². The second-order valence-corrected chi connectivity index (χ2v) is 8.72. The van der Waals surface area contributed by atoms with Gasteiger partial charge in [-0.1, -0.05) is 36.9 Å². The minimum Gasteiger partial charge on any atom is -0.497 e. The van der Waals surface area contributed by atoms with Gasteiger partial charge in [-0.2, -0.15) is 4.98 Å². The molecular weight excluding hydrogens is 438 g/mol. The van der Waals surface area contributed by atoms with Crippen molar-refractivity contribution >= 4 is 23.4 Å². The Morgan fingerprint density at radius 1 is 1.18 bits per heavy atom. The van der Waals surface area contributed by atoms with Crippen LogP contribution in [0.5, 0.6) is 5.75 Å². The van der Waals surface area contributed by atoms with Gasteiger partial charge in [0, 0.05) is 38.6 Å². The maximum atomic E-state index is 12.5. The molecule has 3 rings (SSSR count). The molecule has 1 aliphatic carbocycles. The van der Waals surface area contributed by atoms with Crippen LogP contribution in [0.2, 0.25) is 0 Å². The fraction of sp³-hybridized carbons (Fsp3) is 0.542. The smallest absolute Gasteiger partial charge is 0.243 e. The molecule has 34 heavy (non-hydrogen) atoms. The summed E-state index contributed by atoms with van der Waals surface area (Å²) in [6.45, 7) is 1.41. The van der Waals surface area contributed by atoms with Gasteiger partial charge < -0.3 is 24.8 Å². The number of benzene rings is 1. The van der Waals surface area contributed by atoms with E-state index in [1.165, 1.54) is 11.8 Å². The molecule has 0 spiro atoms. The van der Waals surface area contributed by atoms with Gasteiger partial charge >= 0.3 is 0 Å². The second-order valence-electron chi connectivity index (χ2n) is 8.72. The van der Waals surface area contributed by atoms with Crippen LogP contribution >= 0.6 is 0 Å². The van der Waals surface area contributed by atoms with Crippen molar-refractivity contribution in [2.24, 2.45) is 0 Å². The molecule has 0 atom stereocenters. The number of aryl methyl sites for hydroxylation is 1. The average molecular weight is 472 g/mol. The Labute approximate surface area is 199 Å². The molecule has 2 N–H and O–H groups in total. The van der Waals surface area contributed by atoms with Gasteiger partial charge in [-0.25, -0.2) is 0 Å². The summed E-state index contributed by atoms with van der Waals surface area (Å²) in [5.41, 5.74) is -0.0292. The lowest BCUT2D eigenvalue weighted by atomic mass is 9.89.